The van der Waals surface area contributed by atoms with Gasteiger partial charge in [0.2, 0.25) is 0 Å². The number of esters is 1. The minimum absolute atomic E-state index is 0.0311. The predicted octanol–water partition coefficient (Wildman–Crippen LogP) is 3.88. The van der Waals surface area contributed by atoms with Crippen molar-refractivity contribution in [1.29, 1.82) is 0 Å². The molecule has 0 aromatic heterocycles. The summed E-state index contributed by atoms with van der Waals surface area (Å²) < 4.78 is 10.6. The van der Waals surface area contributed by atoms with E-state index in [0.29, 0.717) is 5.92 Å². The van der Waals surface area contributed by atoms with Crippen molar-refractivity contribution in [3.8, 4) is 5.75 Å². The Morgan fingerprint density at radius 2 is 2.00 bits per heavy atom. The average molecular weight is 302 g/mol. The van der Waals surface area contributed by atoms with Gasteiger partial charge in [-0.1, -0.05) is 19.4 Å². The third-order valence-corrected chi connectivity index (χ3v) is 6.22. The molecule has 0 N–H and O–H groups in total. The van der Waals surface area contributed by atoms with E-state index in [-0.39, 0.29) is 16.8 Å². The van der Waals surface area contributed by atoms with Gasteiger partial charge >= 0.3 is 5.97 Å². The number of hydrogen-bond acceptors (Lipinski definition) is 3. The molecule has 3 rings (SSSR count). The SMILES string of the molecule is COC(=O)[C@@]1(C)CCC[C@@]2(C)c3cc(OC)ccc3CC[C@H]21. The first-order chi connectivity index (χ1) is 10.5. The monoisotopic (exact) mass is 302 g/mol. The molecule has 0 unspecified atom stereocenters. The fourth-order valence-electron chi connectivity index (χ4n) is 5.04. The van der Waals surface area contributed by atoms with Gasteiger partial charge in [0.25, 0.3) is 0 Å². The maximum Gasteiger partial charge on any atom is 0.311 e. The fourth-order valence-corrected chi connectivity index (χ4v) is 5.04. The topological polar surface area (TPSA) is 35.5 Å². The highest BCUT2D eigenvalue weighted by Gasteiger charge is 2.55. The second-order valence-corrected chi connectivity index (χ2v) is 7.29. The molecule has 0 bridgehead atoms. The highest BCUT2D eigenvalue weighted by Crippen LogP contribution is 2.57. The van der Waals surface area contributed by atoms with Crippen molar-refractivity contribution in [3.05, 3.63) is 29.3 Å². The summed E-state index contributed by atoms with van der Waals surface area (Å²) in [6.07, 6.45) is 5.21. The first kappa shape index (κ1) is 15.4. The van der Waals surface area contributed by atoms with Crippen molar-refractivity contribution in [2.75, 3.05) is 14.2 Å². The van der Waals surface area contributed by atoms with E-state index < -0.39 is 0 Å². The standard InChI is InChI=1S/C19H26O3/c1-18-10-5-11-19(2,17(20)22-4)16(18)9-7-13-6-8-14(21-3)12-15(13)18/h6,8,12,16H,5,7,9-11H2,1-4H3/t16-,18+,19+/m1/s1. The summed E-state index contributed by atoms with van der Waals surface area (Å²) >= 11 is 0. The largest absolute Gasteiger partial charge is 0.497 e. The molecule has 3 nitrogen and oxygen atoms in total. The highest BCUT2D eigenvalue weighted by molar-refractivity contribution is 5.77. The zero-order chi connectivity index (χ0) is 16.0. The molecule has 120 valence electrons. The molecule has 0 aliphatic heterocycles. The van der Waals surface area contributed by atoms with Gasteiger partial charge < -0.3 is 9.47 Å². The van der Waals surface area contributed by atoms with E-state index in [2.05, 4.69) is 26.0 Å². The van der Waals surface area contributed by atoms with Crippen LogP contribution in [0.2, 0.25) is 0 Å². The Morgan fingerprint density at radius 1 is 1.23 bits per heavy atom. The van der Waals surface area contributed by atoms with Crippen LogP contribution in [-0.4, -0.2) is 20.2 Å². The normalized spacial score (nSPS) is 33.5. The molecule has 1 aromatic carbocycles. The highest BCUT2D eigenvalue weighted by atomic mass is 16.5. The van der Waals surface area contributed by atoms with E-state index in [1.165, 1.54) is 18.2 Å². The Morgan fingerprint density at radius 3 is 2.68 bits per heavy atom. The molecule has 0 radical (unpaired) electrons. The smallest absolute Gasteiger partial charge is 0.311 e. The maximum absolute atomic E-state index is 12.5. The summed E-state index contributed by atoms with van der Waals surface area (Å²) in [6.45, 7) is 4.43. The zero-order valence-electron chi connectivity index (χ0n) is 14.1. The number of fused-ring (bicyclic) bond motifs is 3. The van der Waals surface area contributed by atoms with E-state index in [1.807, 2.05) is 6.07 Å². The van der Waals surface area contributed by atoms with Gasteiger partial charge in [-0.15, -0.1) is 0 Å². The second-order valence-electron chi connectivity index (χ2n) is 7.29. The summed E-state index contributed by atoms with van der Waals surface area (Å²) in [7, 11) is 3.23. The van der Waals surface area contributed by atoms with Gasteiger partial charge in [-0.25, -0.2) is 0 Å². The van der Waals surface area contributed by atoms with Crippen LogP contribution in [0.15, 0.2) is 18.2 Å². The van der Waals surface area contributed by atoms with Gasteiger partial charge in [0.1, 0.15) is 5.75 Å². The van der Waals surface area contributed by atoms with E-state index in [1.54, 1.807) is 7.11 Å². The minimum atomic E-state index is -0.373. The molecule has 1 saturated carbocycles. The van der Waals surface area contributed by atoms with Crippen LogP contribution < -0.4 is 4.74 Å². The van der Waals surface area contributed by atoms with Crippen molar-refractivity contribution >= 4 is 5.97 Å². The van der Waals surface area contributed by atoms with Crippen LogP contribution in [0.3, 0.4) is 0 Å². The van der Waals surface area contributed by atoms with E-state index in [9.17, 15) is 4.79 Å². The number of carbonyl (C=O) groups is 1. The summed E-state index contributed by atoms with van der Waals surface area (Å²) in [4.78, 5) is 12.5. The molecular weight excluding hydrogens is 276 g/mol. The summed E-state index contributed by atoms with van der Waals surface area (Å²) in [5.74, 6) is 1.20. The third kappa shape index (κ3) is 2.05. The zero-order valence-corrected chi connectivity index (χ0v) is 14.1. The predicted molar refractivity (Wildman–Crippen MR) is 86.1 cm³/mol. The lowest BCUT2D eigenvalue weighted by Gasteiger charge is -2.54. The van der Waals surface area contributed by atoms with Gasteiger partial charge in [-0.3, -0.25) is 4.79 Å². The Labute approximate surface area is 133 Å². The minimum Gasteiger partial charge on any atom is -0.497 e. The Balaban J connectivity index is 2.09. The molecule has 2 aliphatic rings. The lowest BCUT2D eigenvalue weighted by Crippen LogP contribution is -2.52. The molecule has 1 aromatic rings. The molecule has 0 spiro atoms. The number of ether oxygens (including phenoxy) is 2. The number of hydrogen-bond donors (Lipinski definition) is 0. The number of carbonyl (C=O) groups excluding carboxylic acids is 1. The van der Waals surface area contributed by atoms with Gasteiger partial charge in [0, 0.05) is 0 Å². The summed E-state index contributed by atoms with van der Waals surface area (Å²) in [6, 6.07) is 6.43. The maximum atomic E-state index is 12.5. The van der Waals surface area contributed by atoms with Crippen LogP contribution in [0, 0.1) is 11.3 Å². The fraction of sp³-hybridized carbons (Fsp3) is 0.632. The van der Waals surface area contributed by atoms with Crippen LogP contribution in [0.5, 0.6) is 5.75 Å². The van der Waals surface area contributed by atoms with E-state index >= 15 is 0 Å². The van der Waals surface area contributed by atoms with Crippen molar-refractivity contribution in [2.24, 2.45) is 11.3 Å². The molecule has 22 heavy (non-hydrogen) atoms. The summed E-state index contributed by atoms with van der Waals surface area (Å²) in [5.41, 5.74) is 2.44. The Hall–Kier alpha value is -1.51. The van der Waals surface area contributed by atoms with E-state index in [0.717, 1.165) is 37.9 Å². The third-order valence-electron chi connectivity index (χ3n) is 6.22. The average Bonchev–Trinajstić information content (AvgIpc) is 2.53. The van der Waals surface area contributed by atoms with Crippen LogP contribution in [0.25, 0.3) is 0 Å². The van der Waals surface area contributed by atoms with Gasteiger partial charge in [-0.05, 0) is 67.2 Å². The van der Waals surface area contributed by atoms with Crippen LogP contribution in [0.4, 0.5) is 0 Å². The Bertz CT molecular complexity index is 594. The van der Waals surface area contributed by atoms with Crippen LogP contribution in [0.1, 0.15) is 50.7 Å². The molecule has 3 heteroatoms. The number of aryl methyl sites for hydroxylation is 1. The van der Waals surface area contributed by atoms with Crippen molar-refractivity contribution in [2.45, 2.75) is 51.4 Å². The first-order valence-electron chi connectivity index (χ1n) is 8.21. The molecule has 2 aliphatic carbocycles. The lowest BCUT2D eigenvalue weighted by atomic mass is 9.50. The second kappa shape index (κ2) is 5.29. The van der Waals surface area contributed by atoms with Crippen molar-refractivity contribution < 1.29 is 14.3 Å². The number of rotatable bonds is 2. The molecule has 3 atom stereocenters. The van der Waals surface area contributed by atoms with Gasteiger partial charge in [0.05, 0.1) is 19.6 Å². The molecule has 0 heterocycles. The first-order valence-corrected chi connectivity index (χ1v) is 8.21. The Kier molecular flexibility index (Phi) is 3.70. The van der Waals surface area contributed by atoms with Gasteiger partial charge in [-0.2, -0.15) is 0 Å². The lowest BCUT2D eigenvalue weighted by molar-refractivity contribution is -0.161. The molecule has 1 fully saturated rings. The molecule has 0 saturated heterocycles. The number of methoxy groups -OCH3 is 2. The molecule has 0 amide bonds. The van der Waals surface area contributed by atoms with Crippen LogP contribution >= 0.6 is 0 Å². The summed E-state index contributed by atoms with van der Waals surface area (Å²) in [5, 5.41) is 0. The van der Waals surface area contributed by atoms with Crippen molar-refractivity contribution in [1.82, 2.24) is 0 Å². The molecular formula is C19H26O3. The van der Waals surface area contributed by atoms with Gasteiger partial charge in [0.15, 0.2) is 0 Å². The quantitative estimate of drug-likeness (QED) is 0.778. The van der Waals surface area contributed by atoms with E-state index in [4.69, 9.17) is 9.47 Å². The van der Waals surface area contributed by atoms with Crippen molar-refractivity contribution in [3.63, 3.8) is 0 Å². The van der Waals surface area contributed by atoms with Crippen LogP contribution in [-0.2, 0) is 21.4 Å². The number of benzene rings is 1.